The SMILES string of the molecule is Cc1ccc(NC(=O)CSc2ccc(Br)cc2N)c(C)c1. The van der Waals surface area contributed by atoms with Crippen molar-refractivity contribution in [1.29, 1.82) is 0 Å². The van der Waals surface area contributed by atoms with Gasteiger partial charge in [0.05, 0.1) is 5.75 Å². The summed E-state index contributed by atoms with van der Waals surface area (Å²) >= 11 is 4.80. The quantitative estimate of drug-likeness (QED) is 0.625. The average Bonchev–Trinajstić information content (AvgIpc) is 2.41. The molecule has 2 rings (SSSR count). The lowest BCUT2D eigenvalue weighted by Crippen LogP contribution is -2.15. The third kappa shape index (κ3) is 4.51. The van der Waals surface area contributed by atoms with Gasteiger partial charge in [-0.15, -0.1) is 11.8 Å². The van der Waals surface area contributed by atoms with Crippen LogP contribution in [-0.4, -0.2) is 11.7 Å². The summed E-state index contributed by atoms with van der Waals surface area (Å²) in [5.74, 6) is 0.299. The average molecular weight is 365 g/mol. The molecule has 3 N–H and O–H groups in total. The van der Waals surface area contributed by atoms with E-state index in [2.05, 4.69) is 27.3 Å². The van der Waals surface area contributed by atoms with E-state index in [1.165, 1.54) is 17.3 Å². The molecule has 110 valence electrons. The van der Waals surface area contributed by atoms with E-state index >= 15 is 0 Å². The second kappa shape index (κ2) is 7.00. The second-order valence-electron chi connectivity index (χ2n) is 4.84. The zero-order valence-corrected chi connectivity index (χ0v) is 14.3. The zero-order chi connectivity index (χ0) is 15.4. The van der Waals surface area contributed by atoms with E-state index in [4.69, 9.17) is 5.73 Å². The number of amides is 1. The molecule has 0 saturated carbocycles. The van der Waals surface area contributed by atoms with Gasteiger partial charge < -0.3 is 11.1 Å². The molecule has 21 heavy (non-hydrogen) atoms. The first-order valence-corrected chi connectivity index (χ1v) is 8.28. The summed E-state index contributed by atoms with van der Waals surface area (Å²) in [4.78, 5) is 12.9. The van der Waals surface area contributed by atoms with Crippen molar-refractivity contribution in [2.24, 2.45) is 0 Å². The number of thioether (sulfide) groups is 1. The maximum Gasteiger partial charge on any atom is 0.234 e. The molecule has 0 aliphatic heterocycles. The van der Waals surface area contributed by atoms with Crippen molar-refractivity contribution in [1.82, 2.24) is 0 Å². The number of hydrogen-bond acceptors (Lipinski definition) is 3. The number of halogens is 1. The molecule has 0 fully saturated rings. The molecule has 1 amide bonds. The number of anilines is 2. The fourth-order valence-electron chi connectivity index (χ4n) is 1.93. The Morgan fingerprint density at radius 2 is 2.00 bits per heavy atom. The van der Waals surface area contributed by atoms with Crippen LogP contribution in [0.4, 0.5) is 11.4 Å². The highest BCUT2D eigenvalue weighted by Crippen LogP contribution is 2.28. The van der Waals surface area contributed by atoms with Crippen LogP contribution in [0.5, 0.6) is 0 Å². The van der Waals surface area contributed by atoms with Crippen molar-refractivity contribution < 1.29 is 4.79 Å². The third-order valence-electron chi connectivity index (χ3n) is 2.99. The van der Waals surface area contributed by atoms with E-state index in [1.807, 2.05) is 44.2 Å². The Labute approximate surface area is 137 Å². The van der Waals surface area contributed by atoms with Gasteiger partial charge in [0.25, 0.3) is 0 Å². The lowest BCUT2D eigenvalue weighted by atomic mass is 10.1. The van der Waals surface area contributed by atoms with Gasteiger partial charge in [0.1, 0.15) is 0 Å². The zero-order valence-electron chi connectivity index (χ0n) is 11.9. The van der Waals surface area contributed by atoms with Crippen molar-refractivity contribution in [2.75, 3.05) is 16.8 Å². The summed E-state index contributed by atoms with van der Waals surface area (Å²) in [5, 5.41) is 2.93. The van der Waals surface area contributed by atoms with Gasteiger partial charge >= 0.3 is 0 Å². The minimum Gasteiger partial charge on any atom is -0.398 e. The van der Waals surface area contributed by atoms with Crippen molar-refractivity contribution in [3.63, 3.8) is 0 Å². The van der Waals surface area contributed by atoms with Gasteiger partial charge in [0.15, 0.2) is 0 Å². The molecular weight excluding hydrogens is 348 g/mol. The summed E-state index contributed by atoms with van der Waals surface area (Å²) in [6.45, 7) is 4.02. The highest BCUT2D eigenvalue weighted by Gasteiger charge is 2.07. The Bertz CT molecular complexity index is 673. The number of hydrogen-bond donors (Lipinski definition) is 2. The predicted octanol–water partition coefficient (Wildman–Crippen LogP) is 4.38. The van der Waals surface area contributed by atoms with Crippen molar-refractivity contribution in [3.05, 3.63) is 52.0 Å². The number of carbonyl (C=O) groups is 1. The van der Waals surface area contributed by atoms with Crippen LogP contribution in [0.25, 0.3) is 0 Å². The van der Waals surface area contributed by atoms with Crippen LogP contribution in [0.2, 0.25) is 0 Å². The molecule has 0 bridgehead atoms. The van der Waals surface area contributed by atoms with Crippen LogP contribution in [0.15, 0.2) is 45.8 Å². The molecule has 0 unspecified atom stereocenters. The summed E-state index contributed by atoms with van der Waals surface area (Å²) in [5.41, 5.74) is 9.70. The number of nitrogens with one attached hydrogen (secondary N) is 1. The molecule has 0 heterocycles. The lowest BCUT2D eigenvalue weighted by Gasteiger charge is -2.10. The molecular formula is C16H17BrN2OS. The molecule has 3 nitrogen and oxygen atoms in total. The molecule has 0 radical (unpaired) electrons. The number of benzene rings is 2. The highest BCUT2D eigenvalue weighted by molar-refractivity contribution is 9.10. The molecule has 0 aliphatic rings. The van der Waals surface area contributed by atoms with E-state index in [0.717, 1.165) is 20.6 Å². The standard InChI is InChI=1S/C16H17BrN2OS/c1-10-3-5-14(11(2)7-10)19-16(20)9-21-15-6-4-12(17)8-13(15)18/h3-8H,9,18H2,1-2H3,(H,19,20). The Morgan fingerprint density at radius 3 is 2.67 bits per heavy atom. The molecule has 0 aliphatic carbocycles. The maximum absolute atomic E-state index is 12.0. The van der Waals surface area contributed by atoms with Crippen LogP contribution in [0, 0.1) is 13.8 Å². The Balaban J connectivity index is 1.96. The number of nitrogen functional groups attached to an aromatic ring is 1. The minimum absolute atomic E-state index is 0.0331. The normalized spacial score (nSPS) is 10.4. The molecule has 2 aromatic rings. The van der Waals surface area contributed by atoms with Crippen LogP contribution >= 0.6 is 27.7 Å². The second-order valence-corrected chi connectivity index (χ2v) is 6.77. The van der Waals surface area contributed by atoms with E-state index in [1.54, 1.807) is 0 Å². The van der Waals surface area contributed by atoms with E-state index in [-0.39, 0.29) is 5.91 Å². The number of rotatable bonds is 4. The largest absolute Gasteiger partial charge is 0.398 e. The van der Waals surface area contributed by atoms with Gasteiger partial charge in [0, 0.05) is 20.7 Å². The molecule has 0 atom stereocenters. The fraction of sp³-hybridized carbons (Fsp3) is 0.188. The first-order chi connectivity index (χ1) is 9.95. The van der Waals surface area contributed by atoms with Crippen molar-refractivity contribution in [3.8, 4) is 0 Å². The van der Waals surface area contributed by atoms with Crippen LogP contribution in [0.1, 0.15) is 11.1 Å². The van der Waals surface area contributed by atoms with E-state index in [9.17, 15) is 4.79 Å². The van der Waals surface area contributed by atoms with Crippen LogP contribution in [-0.2, 0) is 4.79 Å². The first-order valence-electron chi connectivity index (χ1n) is 6.50. The van der Waals surface area contributed by atoms with Gasteiger partial charge in [-0.1, -0.05) is 33.6 Å². The minimum atomic E-state index is -0.0331. The van der Waals surface area contributed by atoms with Crippen LogP contribution < -0.4 is 11.1 Å². The summed E-state index contributed by atoms with van der Waals surface area (Å²) in [6, 6.07) is 11.6. The van der Waals surface area contributed by atoms with Crippen LogP contribution in [0.3, 0.4) is 0 Å². The summed E-state index contributed by atoms with van der Waals surface area (Å²) in [6.07, 6.45) is 0. The number of aryl methyl sites for hydroxylation is 2. The maximum atomic E-state index is 12.0. The highest BCUT2D eigenvalue weighted by atomic mass is 79.9. The number of nitrogens with two attached hydrogens (primary N) is 1. The first kappa shape index (κ1) is 15.9. The Hall–Kier alpha value is -1.46. The Morgan fingerprint density at radius 1 is 1.24 bits per heavy atom. The summed E-state index contributed by atoms with van der Waals surface area (Å²) in [7, 11) is 0. The summed E-state index contributed by atoms with van der Waals surface area (Å²) < 4.78 is 0.934. The molecule has 0 saturated heterocycles. The Kier molecular flexibility index (Phi) is 5.31. The van der Waals surface area contributed by atoms with Gasteiger partial charge in [-0.05, 0) is 43.7 Å². The molecule has 2 aromatic carbocycles. The lowest BCUT2D eigenvalue weighted by molar-refractivity contribution is -0.113. The van der Waals surface area contributed by atoms with E-state index < -0.39 is 0 Å². The molecule has 0 spiro atoms. The van der Waals surface area contributed by atoms with Gasteiger partial charge in [0.2, 0.25) is 5.91 Å². The number of carbonyl (C=O) groups excluding carboxylic acids is 1. The molecule has 0 aromatic heterocycles. The predicted molar refractivity (Wildman–Crippen MR) is 93.8 cm³/mol. The fourth-order valence-corrected chi connectivity index (χ4v) is 3.06. The molecule has 5 heteroatoms. The van der Waals surface area contributed by atoms with Gasteiger partial charge in [-0.3, -0.25) is 4.79 Å². The smallest absolute Gasteiger partial charge is 0.234 e. The topological polar surface area (TPSA) is 55.1 Å². The van der Waals surface area contributed by atoms with Gasteiger partial charge in [-0.2, -0.15) is 0 Å². The van der Waals surface area contributed by atoms with Crippen molar-refractivity contribution in [2.45, 2.75) is 18.7 Å². The van der Waals surface area contributed by atoms with Crippen molar-refractivity contribution >= 4 is 45.0 Å². The third-order valence-corrected chi connectivity index (χ3v) is 4.57. The van der Waals surface area contributed by atoms with Gasteiger partial charge in [-0.25, -0.2) is 0 Å². The monoisotopic (exact) mass is 364 g/mol. The van der Waals surface area contributed by atoms with E-state index in [0.29, 0.717) is 11.4 Å².